The summed E-state index contributed by atoms with van der Waals surface area (Å²) in [5.41, 5.74) is 2.21. The van der Waals surface area contributed by atoms with Crippen molar-refractivity contribution in [1.82, 2.24) is 4.90 Å². The molecule has 11 heteroatoms. The van der Waals surface area contributed by atoms with Gasteiger partial charge in [0.15, 0.2) is 11.5 Å². The van der Waals surface area contributed by atoms with Crippen LogP contribution in [0.1, 0.15) is 23.6 Å². The second-order valence-corrected chi connectivity index (χ2v) is 10.3. The van der Waals surface area contributed by atoms with Crippen LogP contribution in [0.2, 0.25) is 0 Å². The quantitative estimate of drug-likeness (QED) is 0.224. The standard InChI is InChI=1S/C28H21FIN3O5S/c1-2-37-23-12-17(11-22(30)26(23)38-16-19-6-4-3-5-18(19)14-31)13-24-27(35)33(28(36)39-24)15-25(34)32-21-9-7-20(29)8-10-21/h3-13H,2,15-16H2,1H3,(H,32,34)/b24-13-. The van der Waals surface area contributed by atoms with E-state index in [9.17, 15) is 24.0 Å². The van der Waals surface area contributed by atoms with Crippen molar-refractivity contribution in [2.75, 3.05) is 18.5 Å². The van der Waals surface area contributed by atoms with Gasteiger partial charge in [0.2, 0.25) is 5.91 Å². The summed E-state index contributed by atoms with van der Waals surface area (Å²) in [7, 11) is 0. The van der Waals surface area contributed by atoms with Gasteiger partial charge in [0, 0.05) is 11.3 Å². The molecule has 1 aliphatic heterocycles. The number of nitrogens with one attached hydrogen (secondary N) is 1. The van der Waals surface area contributed by atoms with Gasteiger partial charge < -0.3 is 14.8 Å². The second kappa shape index (κ2) is 12.8. The van der Waals surface area contributed by atoms with Gasteiger partial charge in [-0.25, -0.2) is 4.39 Å². The van der Waals surface area contributed by atoms with E-state index in [2.05, 4.69) is 34.0 Å². The molecule has 3 amide bonds. The van der Waals surface area contributed by atoms with Gasteiger partial charge in [-0.05, 0) is 95.4 Å². The highest BCUT2D eigenvalue weighted by Gasteiger charge is 2.36. The lowest BCUT2D eigenvalue weighted by atomic mass is 10.1. The molecule has 3 aromatic carbocycles. The molecule has 8 nitrogen and oxygen atoms in total. The molecule has 1 heterocycles. The van der Waals surface area contributed by atoms with Crippen molar-refractivity contribution in [1.29, 1.82) is 5.26 Å². The molecule has 0 aliphatic carbocycles. The summed E-state index contributed by atoms with van der Waals surface area (Å²) in [6.07, 6.45) is 1.56. The number of ether oxygens (including phenoxy) is 2. The van der Waals surface area contributed by atoms with Crippen molar-refractivity contribution in [3.63, 3.8) is 0 Å². The molecule has 3 aromatic rings. The fourth-order valence-electron chi connectivity index (χ4n) is 3.64. The van der Waals surface area contributed by atoms with E-state index in [1.165, 1.54) is 24.3 Å². The lowest BCUT2D eigenvalue weighted by Gasteiger charge is -2.15. The summed E-state index contributed by atoms with van der Waals surface area (Å²) < 4.78 is 25.6. The van der Waals surface area contributed by atoms with Crippen molar-refractivity contribution >= 4 is 63.2 Å². The number of thioether (sulfide) groups is 1. The number of carbonyl (C=O) groups excluding carboxylic acids is 3. The summed E-state index contributed by atoms with van der Waals surface area (Å²) in [4.78, 5) is 38.8. The number of imide groups is 1. The SMILES string of the molecule is CCOc1cc(/C=C2\SC(=O)N(CC(=O)Nc3ccc(F)cc3)C2=O)cc(I)c1OCc1ccccc1C#N. The molecule has 39 heavy (non-hydrogen) atoms. The predicted octanol–water partition coefficient (Wildman–Crippen LogP) is 5.95. The van der Waals surface area contributed by atoms with Gasteiger partial charge in [0.05, 0.1) is 26.7 Å². The first-order valence-electron chi connectivity index (χ1n) is 11.7. The Labute approximate surface area is 241 Å². The number of rotatable bonds is 9. The van der Waals surface area contributed by atoms with E-state index >= 15 is 0 Å². The van der Waals surface area contributed by atoms with Gasteiger partial charge in [-0.3, -0.25) is 19.3 Å². The van der Waals surface area contributed by atoms with Crippen LogP contribution in [0.25, 0.3) is 6.08 Å². The third kappa shape index (κ3) is 6.96. The number of halogens is 2. The highest BCUT2D eigenvalue weighted by atomic mass is 127. The maximum atomic E-state index is 13.1. The van der Waals surface area contributed by atoms with Crippen LogP contribution in [0.15, 0.2) is 65.6 Å². The highest BCUT2D eigenvalue weighted by molar-refractivity contribution is 14.1. The average molecular weight is 657 g/mol. The van der Waals surface area contributed by atoms with Crippen LogP contribution in [-0.2, 0) is 16.2 Å². The molecule has 0 unspecified atom stereocenters. The average Bonchev–Trinajstić information content (AvgIpc) is 3.17. The smallest absolute Gasteiger partial charge is 0.294 e. The van der Waals surface area contributed by atoms with Crippen molar-refractivity contribution in [2.45, 2.75) is 13.5 Å². The Morgan fingerprint density at radius 3 is 2.62 bits per heavy atom. The summed E-state index contributed by atoms with van der Waals surface area (Å²) in [5.74, 6) is -0.690. The van der Waals surface area contributed by atoms with Gasteiger partial charge in [0.1, 0.15) is 19.0 Å². The zero-order valence-electron chi connectivity index (χ0n) is 20.6. The Balaban J connectivity index is 1.50. The van der Waals surface area contributed by atoms with E-state index in [-0.39, 0.29) is 11.5 Å². The van der Waals surface area contributed by atoms with Crippen LogP contribution < -0.4 is 14.8 Å². The number of nitrogens with zero attached hydrogens (tertiary/aromatic N) is 2. The van der Waals surface area contributed by atoms with Crippen LogP contribution in [-0.4, -0.2) is 35.1 Å². The highest BCUT2D eigenvalue weighted by Crippen LogP contribution is 2.38. The third-order valence-electron chi connectivity index (χ3n) is 5.44. The molecule has 1 saturated heterocycles. The first-order valence-corrected chi connectivity index (χ1v) is 13.6. The molecule has 0 aromatic heterocycles. The van der Waals surface area contributed by atoms with Crippen molar-refractivity contribution in [3.8, 4) is 17.6 Å². The minimum atomic E-state index is -0.597. The number of hydrogen-bond donors (Lipinski definition) is 1. The van der Waals surface area contributed by atoms with Crippen molar-refractivity contribution < 1.29 is 28.2 Å². The molecule has 0 saturated carbocycles. The maximum absolute atomic E-state index is 13.1. The molecule has 1 fully saturated rings. The molecule has 0 spiro atoms. The molecule has 1 N–H and O–H groups in total. The first kappa shape index (κ1) is 28.1. The molecule has 0 bridgehead atoms. The summed E-state index contributed by atoms with van der Waals surface area (Å²) in [6, 6.07) is 17.9. The summed E-state index contributed by atoms with van der Waals surface area (Å²) >= 11 is 2.83. The van der Waals surface area contributed by atoms with Gasteiger partial charge >= 0.3 is 0 Å². The number of amides is 3. The lowest BCUT2D eigenvalue weighted by molar-refractivity contribution is -0.127. The number of hydrogen-bond acceptors (Lipinski definition) is 7. The molecular weight excluding hydrogens is 636 g/mol. The molecular formula is C28H21FIN3O5S. The third-order valence-corrected chi connectivity index (χ3v) is 7.15. The molecule has 0 radical (unpaired) electrons. The van der Waals surface area contributed by atoms with Crippen LogP contribution in [0.5, 0.6) is 11.5 Å². The topological polar surface area (TPSA) is 109 Å². The summed E-state index contributed by atoms with van der Waals surface area (Å²) in [5, 5.41) is 11.3. The zero-order chi connectivity index (χ0) is 27.9. The first-order chi connectivity index (χ1) is 18.8. The summed E-state index contributed by atoms with van der Waals surface area (Å²) in [6.45, 7) is 1.89. The van der Waals surface area contributed by atoms with Gasteiger partial charge in [-0.1, -0.05) is 18.2 Å². The number of nitriles is 1. The van der Waals surface area contributed by atoms with E-state index in [1.807, 2.05) is 19.1 Å². The van der Waals surface area contributed by atoms with Gasteiger partial charge in [-0.2, -0.15) is 5.26 Å². The molecule has 198 valence electrons. The second-order valence-electron chi connectivity index (χ2n) is 8.14. The minimum Gasteiger partial charge on any atom is -0.490 e. The van der Waals surface area contributed by atoms with Gasteiger partial charge in [-0.15, -0.1) is 0 Å². The maximum Gasteiger partial charge on any atom is 0.294 e. The van der Waals surface area contributed by atoms with Crippen LogP contribution in [0.3, 0.4) is 0 Å². The predicted molar refractivity (Wildman–Crippen MR) is 154 cm³/mol. The number of anilines is 1. The largest absolute Gasteiger partial charge is 0.490 e. The molecule has 0 atom stereocenters. The van der Waals surface area contributed by atoms with Crippen LogP contribution in [0.4, 0.5) is 14.9 Å². The minimum absolute atomic E-state index is 0.157. The van der Waals surface area contributed by atoms with Crippen LogP contribution >= 0.6 is 34.4 Å². The Bertz CT molecular complexity index is 1500. The molecule has 1 aliphatic rings. The van der Waals surface area contributed by atoms with Crippen molar-refractivity contribution in [2.24, 2.45) is 0 Å². The Morgan fingerprint density at radius 2 is 1.90 bits per heavy atom. The number of benzene rings is 3. The Hall–Kier alpha value is -3.89. The molecule has 4 rings (SSSR count). The van der Waals surface area contributed by atoms with E-state index in [0.717, 1.165) is 22.2 Å². The Morgan fingerprint density at radius 1 is 1.15 bits per heavy atom. The lowest BCUT2D eigenvalue weighted by Crippen LogP contribution is -2.36. The van der Waals surface area contributed by atoms with Gasteiger partial charge in [0.25, 0.3) is 11.1 Å². The monoisotopic (exact) mass is 657 g/mol. The normalized spacial score (nSPS) is 13.9. The zero-order valence-corrected chi connectivity index (χ0v) is 23.5. The Kier molecular flexibility index (Phi) is 9.21. The van der Waals surface area contributed by atoms with E-state index in [1.54, 1.807) is 30.3 Å². The van der Waals surface area contributed by atoms with E-state index < -0.39 is 29.4 Å². The van der Waals surface area contributed by atoms with E-state index in [0.29, 0.717) is 38.5 Å². The van der Waals surface area contributed by atoms with Crippen molar-refractivity contribution in [3.05, 3.63) is 91.6 Å². The van der Waals surface area contributed by atoms with Crippen LogP contribution in [0, 0.1) is 20.7 Å². The fraction of sp³-hybridized carbons (Fsp3) is 0.143. The fourth-order valence-corrected chi connectivity index (χ4v) is 5.26. The van der Waals surface area contributed by atoms with E-state index in [4.69, 9.17) is 9.47 Å². The number of carbonyl (C=O) groups is 3.